The average Bonchev–Trinajstić information content (AvgIpc) is 3.24. The smallest absolute Gasteiger partial charge is 0.355 e. The molecule has 0 radical (unpaired) electrons. The molecule has 0 aliphatic rings. The van der Waals surface area contributed by atoms with Gasteiger partial charge in [-0.1, -0.05) is 0 Å². The Kier molecular flexibility index (Phi) is 3.66. The van der Waals surface area contributed by atoms with Gasteiger partial charge in [-0.3, -0.25) is 30.3 Å². The molecule has 3 heterocycles. The summed E-state index contributed by atoms with van der Waals surface area (Å²) in [6.45, 7) is 0. The fourth-order valence-corrected chi connectivity index (χ4v) is 1.79. The molecular weight excluding hydrogens is 306 g/mol. The topological polar surface area (TPSA) is 141 Å². The largest absolute Gasteiger partial charge is 0.459 e. The molecule has 0 fully saturated rings. The summed E-state index contributed by atoms with van der Waals surface area (Å²) in [5.41, 5.74) is 4.25. The predicted molar refractivity (Wildman–Crippen MR) is 75.6 cm³/mol. The summed E-state index contributed by atoms with van der Waals surface area (Å²) in [4.78, 5) is 33.9. The van der Waals surface area contributed by atoms with E-state index in [1.165, 1.54) is 35.6 Å². The molecule has 0 bridgehead atoms. The molecule has 0 saturated carbocycles. The Morgan fingerprint density at radius 2 is 2.26 bits per heavy atom. The molecule has 0 aromatic carbocycles. The molecule has 0 aliphatic heterocycles. The number of carbonyl (C=O) groups excluding carboxylic acids is 1. The summed E-state index contributed by atoms with van der Waals surface area (Å²) in [5.74, 6) is -0.720. The quantitative estimate of drug-likeness (QED) is 0.523. The lowest BCUT2D eigenvalue weighted by Gasteiger charge is -2.09. The van der Waals surface area contributed by atoms with Crippen molar-refractivity contribution in [1.82, 2.24) is 24.9 Å². The third kappa shape index (κ3) is 2.83. The number of hydrazine groups is 1. The Morgan fingerprint density at radius 3 is 2.91 bits per heavy atom. The third-order valence-corrected chi connectivity index (χ3v) is 2.77. The number of rotatable bonds is 5. The van der Waals surface area contributed by atoms with Gasteiger partial charge in [-0.25, -0.2) is 15.0 Å². The van der Waals surface area contributed by atoms with Gasteiger partial charge in [0.25, 0.3) is 0 Å². The van der Waals surface area contributed by atoms with E-state index in [2.05, 4.69) is 25.8 Å². The SMILES string of the molecule is O=C(NNc1ncnc(-n2ccnc2)c1[N+](=O)[O-])c1ccco1. The highest BCUT2D eigenvalue weighted by molar-refractivity contribution is 5.92. The minimum Gasteiger partial charge on any atom is -0.459 e. The number of nitrogens with one attached hydrogen (secondary N) is 2. The van der Waals surface area contributed by atoms with Gasteiger partial charge in [0.05, 0.1) is 11.2 Å². The third-order valence-electron chi connectivity index (χ3n) is 2.77. The van der Waals surface area contributed by atoms with Crippen LogP contribution >= 0.6 is 0 Å². The van der Waals surface area contributed by atoms with Crippen LogP contribution in [0.15, 0.2) is 47.9 Å². The summed E-state index contributed by atoms with van der Waals surface area (Å²) in [7, 11) is 0. The Balaban J connectivity index is 1.89. The predicted octanol–water partition coefficient (Wildman–Crippen LogP) is 0.920. The van der Waals surface area contributed by atoms with E-state index in [4.69, 9.17) is 4.42 Å². The van der Waals surface area contributed by atoms with Gasteiger partial charge in [0, 0.05) is 12.4 Å². The molecule has 0 unspecified atom stereocenters. The van der Waals surface area contributed by atoms with Crippen LogP contribution in [-0.4, -0.2) is 30.3 Å². The highest BCUT2D eigenvalue weighted by Crippen LogP contribution is 2.26. The van der Waals surface area contributed by atoms with Gasteiger partial charge in [-0.05, 0) is 12.1 Å². The molecule has 3 aromatic rings. The van der Waals surface area contributed by atoms with Crippen LogP contribution in [0.25, 0.3) is 5.82 Å². The molecule has 0 atom stereocenters. The van der Waals surface area contributed by atoms with Gasteiger partial charge in [-0.2, -0.15) is 0 Å². The molecule has 11 nitrogen and oxygen atoms in total. The maximum absolute atomic E-state index is 11.8. The number of hydrogen-bond donors (Lipinski definition) is 2. The van der Waals surface area contributed by atoms with Crippen molar-refractivity contribution >= 4 is 17.4 Å². The molecule has 23 heavy (non-hydrogen) atoms. The standard InChI is InChI=1S/C12H9N7O4/c20-12(8-2-1-5-23-8)17-16-10-9(19(21)22)11(15-6-14-10)18-4-3-13-7-18/h1-7H,(H,17,20)(H,14,15,16). The van der Waals surface area contributed by atoms with Crippen LogP contribution in [0.3, 0.4) is 0 Å². The zero-order valence-corrected chi connectivity index (χ0v) is 11.4. The summed E-state index contributed by atoms with van der Waals surface area (Å²) < 4.78 is 6.27. The molecular formula is C12H9N7O4. The van der Waals surface area contributed by atoms with Crippen molar-refractivity contribution in [3.63, 3.8) is 0 Å². The first-order valence-electron chi connectivity index (χ1n) is 6.24. The van der Waals surface area contributed by atoms with Crippen LogP contribution in [-0.2, 0) is 0 Å². The fraction of sp³-hybridized carbons (Fsp3) is 0. The van der Waals surface area contributed by atoms with E-state index in [0.717, 1.165) is 6.33 Å². The second kappa shape index (κ2) is 5.93. The zero-order chi connectivity index (χ0) is 16.2. The summed E-state index contributed by atoms with van der Waals surface area (Å²) in [5, 5.41) is 11.3. The molecule has 0 aliphatic carbocycles. The molecule has 11 heteroatoms. The monoisotopic (exact) mass is 315 g/mol. The summed E-state index contributed by atoms with van der Waals surface area (Å²) in [6, 6.07) is 2.99. The van der Waals surface area contributed by atoms with Crippen molar-refractivity contribution in [3.8, 4) is 5.82 Å². The number of anilines is 1. The number of imidazole rings is 1. The molecule has 3 rings (SSSR count). The van der Waals surface area contributed by atoms with Crippen LogP contribution < -0.4 is 10.9 Å². The first-order valence-corrected chi connectivity index (χ1v) is 6.24. The Bertz CT molecular complexity index is 829. The van der Waals surface area contributed by atoms with Gasteiger partial charge >= 0.3 is 11.6 Å². The van der Waals surface area contributed by atoms with E-state index in [-0.39, 0.29) is 17.4 Å². The highest BCUT2D eigenvalue weighted by Gasteiger charge is 2.24. The van der Waals surface area contributed by atoms with Gasteiger partial charge in [0.1, 0.15) is 12.7 Å². The normalized spacial score (nSPS) is 10.3. The first kappa shape index (κ1) is 14.2. The first-order chi connectivity index (χ1) is 11.2. The molecule has 0 spiro atoms. The van der Waals surface area contributed by atoms with Crippen LogP contribution in [0.4, 0.5) is 11.5 Å². The molecule has 3 aromatic heterocycles. The number of amides is 1. The van der Waals surface area contributed by atoms with E-state index >= 15 is 0 Å². The van der Waals surface area contributed by atoms with Crippen molar-refractivity contribution < 1.29 is 14.1 Å². The van der Waals surface area contributed by atoms with Crippen LogP contribution in [0.5, 0.6) is 0 Å². The molecule has 116 valence electrons. The Morgan fingerprint density at radius 1 is 1.39 bits per heavy atom. The zero-order valence-electron chi connectivity index (χ0n) is 11.4. The highest BCUT2D eigenvalue weighted by atomic mass is 16.6. The minimum atomic E-state index is -0.656. The maximum Gasteiger partial charge on any atom is 0.355 e. The lowest BCUT2D eigenvalue weighted by molar-refractivity contribution is -0.384. The average molecular weight is 315 g/mol. The van der Waals surface area contributed by atoms with Gasteiger partial charge in [0.2, 0.25) is 11.6 Å². The van der Waals surface area contributed by atoms with Crippen molar-refractivity contribution in [3.05, 3.63) is 59.3 Å². The van der Waals surface area contributed by atoms with Gasteiger partial charge in [-0.15, -0.1) is 0 Å². The molecule has 1 amide bonds. The second-order valence-corrected chi connectivity index (χ2v) is 4.18. The van der Waals surface area contributed by atoms with Gasteiger partial charge < -0.3 is 4.42 Å². The summed E-state index contributed by atoms with van der Waals surface area (Å²) in [6.07, 6.45) is 6.78. The lowest BCUT2D eigenvalue weighted by atomic mass is 10.4. The van der Waals surface area contributed by atoms with E-state index < -0.39 is 16.5 Å². The molecule has 0 saturated heterocycles. The summed E-state index contributed by atoms with van der Waals surface area (Å²) >= 11 is 0. The lowest BCUT2D eigenvalue weighted by Crippen LogP contribution is -2.30. The van der Waals surface area contributed by atoms with Gasteiger partial charge in [0.15, 0.2) is 5.76 Å². The number of furan rings is 1. The van der Waals surface area contributed by atoms with E-state index in [1.807, 2.05) is 0 Å². The molecule has 2 N–H and O–H groups in total. The van der Waals surface area contributed by atoms with Crippen molar-refractivity contribution in [2.45, 2.75) is 0 Å². The number of carbonyl (C=O) groups is 1. The fourth-order valence-electron chi connectivity index (χ4n) is 1.79. The van der Waals surface area contributed by atoms with Crippen molar-refractivity contribution in [2.75, 3.05) is 5.43 Å². The van der Waals surface area contributed by atoms with Crippen LogP contribution in [0.2, 0.25) is 0 Å². The van der Waals surface area contributed by atoms with Crippen molar-refractivity contribution in [2.24, 2.45) is 0 Å². The number of aromatic nitrogens is 4. The van der Waals surface area contributed by atoms with Crippen molar-refractivity contribution in [1.29, 1.82) is 0 Å². The maximum atomic E-state index is 11.8. The van der Waals surface area contributed by atoms with E-state index in [9.17, 15) is 14.9 Å². The number of nitrogens with zero attached hydrogens (tertiary/aromatic N) is 5. The second-order valence-electron chi connectivity index (χ2n) is 4.18. The van der Waals surface area contributed by atoms with Crippen LogP contribution in [0, 0.1) is 10.1 Å². The number of hydrogen-bond acceptors (Lipinski definition) is 8. The number of nitro groups is 1. The van der Waals surface area contributed by atoms with Crippen LogP contribution in [0.1, 0.15) is 10.6 Å². The minimum absolute atomic E-state index is 0.0113. The van der Waals surface area contributed by atoms with E-state index in [1.54, 1.807) is 6.07 Å². The van der Waals surface area contributed by atoms with E-state index in [0.29, 0.717) is 0 Å². The Labute approximate surface area is 128 Å². The Hall–Kier alpha value is -3.76.